The highest BCUT2D eigenvalue weighted by atomic mass is 15.1. The third-order valence-corrected chi connectivity index (χ3v) is 4.24. The lowest BCUT2D eigenvalue weighted by molar-refractivity contribution is 0.209. The molecule has 1 N–H and O–H groups in total. The summed E-state index contributed by atoms with van der Waals surface area (Å²) >= 11 is 0. The van der Waals surface area contributed by atoms with Crippen LogP contribution >= 0.6 is 0 Å². The van der Waals surface area contributed by atoms with Crippen LogP contribution in [0.3, 0.4) is 0 Å². The molecule has 0 spiro atoms. The molecule has 1 fully saturated rings. The van der Waals surface area contributed by atoms with Gasteiger partial charge in [-0.15, -0.1) is 0 Å². The molecule has 1 unspecified atom stereocenters. The summed E-state index contributed by atoms with van der Waals surface area (Å²) in [6.07, 6.45) is 2.65. The Morgan fingerprint density at radius 2 is 1.85 bits per heavy atom. The largest absolute Gasteiger partial charge is 0.309 e. The van der Waals surface area contributed by atoms with Crippen molar-refractivity contribution in [1.29, 1.82) is 0 Å². The summed E-state index contributed by atoms with van der Waals surface area (Å²) in [5.74, 6) is 0.833. The predicted molar refractivity (Wildman–Crippen MR) is 86.0 cm³/mol. The Labute approximate surface area is 124 Å². The molecule has 3 nitrogen and oxygen atoms in total. The molecule has 1 aliphatic heterocycles. The number of nitrogens with one attached hydrogen (secondary N) is 1. The molecule has 1 atom stereocenters. The molecule has 1 saturated heterocycles. The van der Waals surface area contributed by atoms with Crippen molar-refractivity contribution >= 4 is 0 Å². The molecular formula is C17H29N3. The van der Waals surface area contributed by atoms with Crippen LogP contribution < -0.4 is 5.32 Å². The van der Waals surface area contributed by atoms with Crippen LogP contribution in [0.25, 0.3) is 0 Å². The van der Waals surface area contributed by atoms with Gasteiger partial charge < -0.3 is 15.1 Å². The highest BCUT2D eigenvalue weighted by Crippen LogP contribution is 2.18. The van der Waals surface area contributed by atoms with Gasteiger partial charge in [0.15, 0.2) is 0 Å². The molecule has 0 radical (unpaired) electrons. The van der Waals surface area contributed by atoms with E-state index in [1.807, 2.05) is 0 Å². The highest BCUT2D eigenvalue weighted by Gasteiger charge is 2.19. The smallest absolute Gasteiger partial charge is 0.0449 e. The van der Waals surface area contributed by atoms with Gasteiger partial charge in [0.25, 0.3) is 0 Å². The third-order valence-electron chi connectivity index (χ3n) is 4.24. The molecule has 112 valence electrons. The molecule has 1 aromatic carbocycles. The number of likely N-dealkylation sites (N-methyl/N-ethyl adjacent to an activating group) is 1. The molecule has 0 aromatic heterocycles. The lowest BCUT2D eigenvalue weighted by Crippen LogP contribution is -2.38. The molecule has 1 aromatic rings. The van der Waals surface area contributed by atoms with Crippen molar-refractivity contribution in [2.24, 2.45) is 5.92 Å². The molecule has 1 aliphatic rings. The molecule has 0 amide bonds. The normalized spacial score (nSPS) is 19.4. The number of rotatable bonds is 6. The van der Waals surface area contributed by atoms with Gasteiger partial charge in [0, 0.05) is 12.6 Å². The Kier molecular flexibility index (Phi) is 6.02. The predicted octanol–water partition coefficient (Wildman–Crippen LogP) is 2.22. The lowest BCUT2D eigenvalue weighted by atomic mass is 9.96. The second-order valence-electron chi connectivity index (χ2n) is 6.38. The maximum Gasteiger partial charge on any atom is 0.0449 e. The monoisotopic (exact) mass is 275 g/mol. The zero-order valence-electron chi connectivity index (χ0n) is 13.2. The summed E-state index contributed by atoms with van der Waals surface area (Å²) in [6.45, 7) is 4.68. The van der Waals surface area contributed by atoms with Crippen molar-refractivity contribution in [3.05, 3.63) is 35.9 Å². The zero-order valence-corrected chi connectivity index (χ0v) is 13.2. The van der Waals surface area contributed by atoms with Crippen LogP contribution in [0, 0.1) is 5.92 Å². The molecule has 0 saturated carbocycles. The molecule has 20 heavy (non-hydrogen) atoms. The molecule has 3 heteroatoms. The summed E-state index contributed by atoms with van der Waals surface area (Å²) in [4.78, 5) is 4.70. The van der Waals surface area contributed by atoms with Crippen LogP contribution in [0.4, 0.5) is 0 Å². The topological polar surface area (TPSA) is 18.5 Å². The second-order valence-corrected chi connectivity index (χ2v) is 6.38. The first-order valence-corrected chi connectivity index (χ1v) is 7.76. The number of hydrogen-bond acceptors (Lipinski definition) is 3. The van der Waals surface area contributed by atoms with Crippen LogP contribution in [0.1, 0.15) is 24.4 Å². The summed E-state index contributed by atoms with van der Waals surface area (Å²) in [6, 6.07) is 11.3. The summed E-state index contributed by atoms with van der Waals surface area (Å²) in [5.41, 5.74) is 1.40. The van der Waals surface area contributed by atoms with Gasteiger partial charge in [-0.25, -0.2) is 0 Å². The van der Waals surface area contributed by atoms with E-state index in [1.165, 1.54) is 31.5 Å². The van der Waals surface area contributed by atoms with E-state index in [0.29, 0.717) is 6.04 Å². The van der Waals surface area contributed by atoms with Crippen molar-refractivity contribution < 1.29 is 0 Å². The van der Waals surface area contributed by atoms with Crippen molar-refractivity contribution in [1.82, 2.24) is 15.1 Å². The summed E-state index contributed by atoms with van der Waals surface area (Å²) in [5, 5.41) is 3.79. The first-order chi connectivity index (χ1) is 9.65. The molecule has 0 bridgehead atoms. The van der Waals surface area contributed by atoms with E-state index in [1.54, 1.807) is 0 Å². The van der Waals surface area contributed by atoms with Gasteiger partial charge in [-0.1, -0.05) is 30.3 Å². The Bertz CT molecular complexity index is 369. The Morgan fingerprint density at radius 1 is 1.20 bits per heavy atom. The van der Waals surface area contributed by atoms with Crippen molar-refractivity contribution in [3.8, 4) is 0 Å². The van der Waals surface area contributed by atoms with E-state index in [2.05, 4.69) is 66.6 Å². The Balaban J connectivity index is 1.88. The summed E-state index contributed by atoms with van der Waals surface area (Å²) in [7, 11) is 6.52. The fraction of sp³-hybridized carbons (Fsp3) is 0.647. The Hall–Kier alpha value is -0.900. The van der Waals surface area contributed by atoms with E-state index in [9.17, 15) is 0 Å². The minimum Gasteiger partial charge on any atom is -0.309 e. The first-order valence-electron chi connectivity index (χ1n) is 7.76. The van der Waals surface area contributed by atoms with Gasteiger partial charge in [0.2, 0.25) is 0 Å². The van der Waals surface area contributed by atoms with Crippen LogP contribution in [-0.4, -0.2) is 57.1 Å². The minimum absolute atomic E-state index is 0.436. The maximum atomic E-state index is 3.79. The van der Waals surface area contributed by atoms with Crippen molar-refractivity contribution in [3.63, 3.8) is 0 Å². The average molecular weight is 275 g/mol. The number of benzene rings is 1. The van der Waals surface area contributed by atoms with Crippen LogP contribution in [-0.2, 0) is 0 Å². The van der Waals surface area contributed by atoms with Gasteiger partial charge in [-0.2, -0.15) is 0 Å². The average Bonchev–Trinajstić information content (AvgIpc) is 2.46. The highest BCUT2D eigenvalue weighted by molar-refractivity contribution is 5.19. The fourth-order valence-electron chi connectivity index (χ4n) is 2.91. The first kappa shape index (κ1) is 15.5. The number of likely N-dealkylation sites (tertiary alicyclic amines) is 1. The van der Waals surface area contributed by atoms with Gasteiger partial charge in [0.05, 0.1) is 0 Å². The van der Waals surface area contributed by atoms with Gasteiger partial charge in [-0.05, 0) is 65.1 Å². The quantitative estimate of drug-likeness (QED) is 0.859. The molecule has 0 aliphatic carbocycles. The van der Waals surface area contributed by atoms with Crippen LogP contribution in [0.15, 0.2) is 30.3 Å². The number of piperidine rings is 1. The standard InChI is InChI=1S/C17H29N3/c1-19(2)14-17(16-7-5-4-6-8-16)18-13-15-9-11-20(3)12-10-15/h4-8,15,17-18H,9-14H2,1-3H3. The molecule has 1 heterocycles. The second kappa shape index (κ2) is 7.77. The molecule has 2 rings (SSSR count). The van der Waals surface area contributed by atoms with Gasteiger partial charge in [0.1, 0.15) is 0 Å². The SMILES string of the molecule is CN(C)CC(NCC1CCN(C)CC1)c1ccccc1. The van der Waals surface area contributed by atoms with Gasteiger partial charge >= 0.3 is 0 Å². The summed E-state index contributed by atoms with van der Waals surface area (Å²) < 4.78 is 0. The van der Waals surface area contributed by atoms with E-state index >= 15 is 0 Å². The lowest BCUT2D eigenvalue weighted by Gasteiger charge is -2.31. The van der Waals surface area contributed by atoms with E-state index in [-0.39, 0.29) is 0 Å². The number of nitrogens with zero attached hydrogens (tertiary/aromatic N) is 2. The number of hydrogen-bond donors (Lipinski definition) is 1. The van der Waals surface area contributed by atoms with Crippen LogP contribution in [0.5, 0.6) is 0 Å². The maximum absolute atomic E-state index is 3.79. The van der Waals surface area contributed by atoms with E-state index < -0.39 is 0 Å². The minimum atomic E-state index is 0.436. The fourth-order valence-corrected chi connectivity index (χ4v) is 2.91. The van der Waals surface area contributed by atoms with Crippen molar-refractivity contribution in [2.75, 3.05) is 47.3 Å². The third kappa shape index (κ3) is 4.89. The van der Waals surface area contributed by atoms with Crippen molar-refractivity contribution in [2.45, 2.75) is 18.9 Å². The van der Waals surface area contributed by atoms with Crippen LogP contribution in [0.2, 0.25) is 0 Å². The zero-order chi connectivity index (χ0) is 14.4. The van der Waals surface area contributed by atoms with Gasteiger partial charge in [-0.3, -0.25) is 0 Å². The Morgan fingerprint density at radius 3 is 2.45 bits per heavy atom. The van der Waals surface area contributed by atoms with E-state index in [0.717, 1.165) is 19.0 Å². The van der Waals surface area contributed by atoms with E-state index in [4.69, 9.17) is 0 Å². The molecular weight excluding hydrogens is 246 g/mol.